The quantitative estimate of drug-likeness (QED) is 0.795. The maximum absolute atomic E-state index is 5.75. The van der Waals surface area contributed by atoms with Gasteiger partial charge in [0.1, 0.15) is 6.61 Å². The van der Waals surface area contributed by atoms with Gasteiger partial charge in [-0.1, -0.05) is 13.8 Å². The van der Waals surface area contributed by atoms with Gasteiger partial charge < -0.3 is 15.0 Å². The summed E-state index contributed by atoms with van der Waals surface area (Å²) in [5.41, 5.74) is 1.09. The van der Waals surface area contributed by atoms with Crippen molar-refractivity contribution in [2.75, 3.05) is 33.8 Å². The van der Waals surface area contributed by atoms with Crippen LogP contribution in [-0.4, -0.2) is 43.7 Å². The van der Waals surface area contributed by atoms with Gasteiger partial charge >= 0.3 is 0 Å². The second-order valence-corrected chi connectivity index (χ2v) is 6.21. The second kappa shape index (κ2) is 8.51. The van der Waals surface area contributed by atoms with Crippen LogP contribution in [0.25, 0.3) is 0 Å². The Balaban J connectivity index is 2.58. The van der Waals surface area contributed by atoms with Crippen molar-refractivity contribution in [2.24, 2.45) is 5.92 Å². The van der Waals surface area contributed by atoms with Gasteiger partial charge in [-0.05, 0) is 48.6 Å². The number of hydrogen-bond acceptors (Lipinski definition) is 4. The molecule has 0 unspecified atom stereocenters. The summed E-state index contributed by atoms with van der Waals surface area (Å²) in [6.45, 7) is 7.70. The highest BCUT2D eigenvalue weighted by molar-refractivity contribution is 9.10. The monoisotopic (exact) mass is 329 g/mol. The minimum Gasteiger partial charge on any atom is -0.476 e. The van der Waals surface area contributed by atoms with Crippen LogP contribution >= 0.6 is 15.9 Å². The average molecular weight is 330 g/mol. The van der Waals surface area contributed by atoms with Crippen LogP contribution in [0, 0.1) is 5.92 Å². The van der Waals surface area contributed by atoms with Crippen molar-refractivity contribution in [3.8, 4) is 5.88 Å². The van der Waals surface area contributed by atoms with Crippen LogP contribution in [0.1, 0.15) is 19.4 Å². The molecule has 0 amide bonds. The largest absolute Gasteiger partial charge is 0.476 e. The zero-order valence-electron chi connectivity index (χ0n) is 12.2. The molecule has 0 spiro atoms. The molecule has 0 saturated heterocycles. The molecule has 4 nitrogen and oxygen atoms in total. The predicted octanol–water partition coefficient (Wildman–Crippen LogP) is 2.53. The summed E-state index contributed by atoms with van der Waals surface area (Å²) in [7, 11) is 4.06. The van der Waals surface area contributed by atoms with E-state index in [0.29, 0.717) is 12.5 Å². The molecule has 0 aliphatic carbocycles. The summed E-state index contributed by atoms with van der Waals surface area (Å²) >= 11 is 3.45. The van der Waals surface area contributed by atoms with Crippen molar-refractivity contribution in [2.45, 2.75) is 20.4 Å². The van der Waals surface area contributed by atoms with E-state index in [9.17, 15) is 0 Å². The SMILES string of the molecule is CC(C)CNCc1cc(Br)cnc1OCCN(C)C. The topological polar surface area (TPSA) is 37.4 Å². The summed E-state index contributed by atoms with van der Waals surface area (Å²) in [4.78, 5) is 6.44. The lowest BCUT2D eigenvalue weighted by Crippen LogP contribution is -2.22. The predicted molar refractivity (Wildman–Crippen MR) is 82.5 cm³/mol. The first-order valence-electron chi connectivity index (χ1n) is 6.61. The Morgan fingerprint density at radius 1 is 1.42 bits per heavy atom. The molecule has 0 atom stereocenters. The maximum atomic E-state index is 5.75. The molecule has 1 rings (SSSR count). The molecular weight excluding hydrogens is 306 g/mol. The summed E-state index contributed by atoms with van der Waals surface area (Å²) in [6.07, 6.45) is 1.77. The van der Waals surface area contributed by atoms with Crippen LogP contribution < -0.4 is 10.1 Å². The second-order valence-electron chi connectivity index (χ2n) is 5.29. The molecule has 1 aromatic rings. The average Bonchev–Trinajstić information content (AvgIpc) is 2.31. The number of pyridine rings is 1. The van der Waals surface area contributed by atoms with Gasteiger partial charge in [-0.2, -0.15) is 0 Å². The first kappa shape index (κ1) is 16.4. The smallest absolute Gasteiger partial charge is 0.217 e. The number of hydrogen-bond donors (Lipinski definition) is 1. The molecule has 0 bridgehead atoms. The van der Waals surface area contributed by atoms with E-state index in [-0.39, 0.29) is 0 Å². The van der Waals surface area contributed by atoms with E-state index < -0.39 is 0 Å². The van der Waals surface area contributed by atoms with Crippen molar-refractivity contribution < 1.29 is 4.74 Å². The first-order chi connectivity index (χ1) is 8.99. The third kappa shape index (κ3) is 6.89. The van der Waals surface area contributed by atoms with Gasteiger partial charge in [0.25, 0.3) is 0 Å². The van der Waals surface area contributed by atoms with E-state index >= 15 is 0 Å². The van der Waals surface area contributed by atoms with E-state index in [4.69, 9.17) is 4.74 Å². The molecule has 0 aliphatic rings. The molecule has 108 valence electrons. The van der Waals surface area contributed by atoms with Crippen LogP contribution in [-0.2, 0) is 6.54 Å². The van der Waals surface area contributed by atoms with Gasteiger partial charge in [-0.25, -0.2) is 4.98 Å². The highest BCUT2D eigenvalue weighted by Crippen LogP contribution is 2.20. The fourth-order valence-electron chi connectivity index (χ4n) is 1.55. The van der Waals surface area contributed by atoms with Gasteiger partial charge in [0, 0.05) is 29.3 Å². The fourth-order valence-corrected chi connectivity index (χ4v) is 1.92. The summed E-state index contributed by atoms with van der Waals surface area (Å²) in [5, 5.41) is 3.42. The lowest BCUT2D eigenvalue weighted by atomic mass is 10.2. The van der Waals surface area contributed by atoms with Crippen molar-refractivity contribution in [1.29, 1.82) is 0 Å². The minimum absolute atomic E-state index is 0.637. The zero-order valence-corrected chi connectivity index (χ0v) is 13.8. The number of halogens is 1. The Hall–Kier alpha value is -0.650. The molecule has 5 heteroatoms. The van der Waals surface area contributed by atoms with E-state index in [0.717, 1.165) is 35.6 Å². The molecule has 0 aliphatic heterocycles. The van der Waals surface area contributed by atoms with E-state index in [1.807, 2.05) is 14.1 Å². The third-order valence-corrected chi connectivity index (χ3v) is 2.97. The zero-order chi connectivity index (χ0) is 14.3. The Morgan fingerprint density at radius 3 is 2.79 bits per heavy atom. The van der Waals surface area contributed by atoms with Crippen LogP contribution in [0.15, 0.2) is 16.7 Å². The van der Waals surface area contributed by atoms with E-state index in [1.165, 1.54) is 0 Å². The lowest BCUT2D eigenvalue weighted by Gasteiger charge is -2.14. The van der Waals surface area contributed by atoms with Gasteiger partial charge in [0.15, 0.2) is 0 Å². The molecule has 1 heterocycles. The Kier molecular flexibility index (Phi) is 7.34. The minimum atomic E-state index is 0.637. The number of likely N-dealkylation sites (N-methyl/N-ethyl adjacent to an activating group) is 1. The van der Waals surface area contributed by atoms with Gasteiger partial charge in [-0.15, -0.1) is 0 Å². The van der Waals surface area contributed by atoms with Crippen LogP contribution in [0.3, 0.4) is 0 Å². The molecular formula is C14H24BrN3O. The fraction of sp³-hybridized carbons (Fsp3) is 0.643. The highest BCUT2D eigenvalue weighted by atomic mass is 79.9. The number of ether oxygens (including phenoxy) is 1. The molecule has 1 aromatic heterocycles. The van der Waals surface area contributed by atoms with Gasteiger partial charge in [0.2, 0.25) is 5.88 Å². The highest BCUT2D eigenvalue weighted by Gasteiger charge is 2.07. The van der Waals surface area contributed by atoms with E-state index in [2.05, 4.69) is 51.0 Å². The van der Waals surface area contributed by atoms with Crippen LogP contribution in [0.5, 0.6) is 5.88 Å². The third-order valence-electron chi connectivity index (χ3n) is 2.54. The Labute approximate surface area is 124 Å². The molecule has 0 saturated carbocycles. The van der Waals surface area contributed by atoms with Crippen molar-refractivity contribution in [3.63, 3.8) is 0 Å². The standard InChI is InChI=1S/C14H24BrN3O/c1-11(2)8-16-9-12-7-13(15)10-17-14(12)19-6-5-18(3)4/h7,10-11,16H,5-6,8-9H2,1-4H3. The van der Waals surface area contributed by atoms with Crippen molar-refractivity contribution >= 4 is 15.9 Å². The molecule has 0 radical (unpaired) electrons. The number of nitrogens with zero attached hydrogens (tertiary/aromatic N) is 2. The first-order valence-corrected chi connectivity index (χ1v) is 7.41. The Bertz CT molecular complexity index is 383. The molecule has 19 heavy (non-hydrogen) atoms. The molecule has 0 fully saturated rings. The van der Waals surface area contributed by atoms with Gasteiger partial charge in [0.05, 0.1) is 0 Å². The van der Waals surface area contributed by atoms with Gasteiger partial charge in [-0.3, -0.25) is 0 Å². The normalized spacial score (nSPS) is 11.3. The van der Waals surface area contributed by atoms with E-state index in [1.54, 1.807) is 6.20 Å². The van der Waals surface area contributed by atoms with Crippen LogP contribution in [0.4, 0.5) is 0 Å². The van der Waals surface area contributed by atoms with Crippen LogP contribution in [0.2, 0.25) is 0 Å². The van der Waals surface area contributed by atoms with Crippen molar-refractivity contribution in [1.82, 2.24) is 15.2 Å². The lowest BCUT2D eigenvalue weighted by molar-refractivity contribution is 0.251. The summed E-state index contributed by atoms with van der Waals surface area (Å²) in [5.74, 6) is 1.36. The van der Waals surface area contributed by atoms with Crippen molar-refractivity contribution in [3.05, 3.63) is 22.3 Å². The summed E-state index contributed by atoms with van der Waals surface area (Å²) < 4.78 is 6.73. The number of aromatic nitrogens is 1. The molecule has 0 aromatic carbocycles. The molecule has 1 N–H and O–H groups in total. The Morgan fingerprint density at radius 2 is 2.16 bits per heavy atom. The number of nitrogens with one attached hydrogen (secondary N) is 1. The maximum Gasteiger partial charge on any atom is 0.217 e. The number of rotatable bonds is 8. The summed E-state index contributed by atoms with van der Waals surface area (Å²) in [6, 6.07) is 2.06.